The van der Waals surface area contributed by atoms with Gasteiger partial charge in [0.25, 0.3) is 0 Å². The molecule has 19 heavy (non-hydrogen) atoms. The molecule has 0 bridgehead atoms. The molecule has 0 aliphatic heterocycles. The second kappa shape index (κ2) is 4.61. The Morgan fingerprint density at radius 2 is 1.95 bits per heavy atom. The fourth-order valence-electron chi connectivity index (χ4n) is 1.90. The van der Waals surface area contributed by atoms with E-state index >= 15 is 0 Å². The maximum atomic E-state index is 12.2. The van der Waals surface area contributed by atoms with Crippen molar-refractivity contribution in [3.8, 4) is 5.75 Å². The molecular weight excluding hydrogens is 240 g/mol. The number of rotatable bonds is 3. The van der Waals surface area contributed by atoms with E-state index in [4.69, 9.17) is 9.15 Å². The molecule has 2 aromatic carbocycles. The average Bonchev–Trinajstić information content (AvgIpc) is 2.90. The van der Waals surface area contributed by atoms with Crippen molar-refractivity contribution in [3.05, 3.63) is 65.9 Å². The number of hydrogen-bond donors (Lipinski definition) is 0. The molecule has 3 rings (SSSR count). The number of benzene rings is 2. The lowest BCUT2D eigenvalue weighted by molar-refractivity contribution is 0.101. The van der Waals surface area contributed by atoms with Gasteiger partial charge in [-0.3, -0.25) is 4.79 Å². The molecule has 0 saturated carbocycles. The van der Waals surface area contributed by atoms with Gasteiger partial charge < -0.3 is 9.15 Å². The summed E-state index contributed by atoms with van der Waals surface area (Å²) in [6, 6.07) is 17.4. The van der Waals surface area contributed by atoms with Crippen molar-refractivity contribution in [2.45, 2.75) is 0 Å². The second-order valence-corrected chi connectivity index (χ2v) is 4.11. The topological polar surface area (TPSA) is 39.4 Å². The van der Waals surface area contributed by atoms with Gasteiger partial charge in [0.05, 0.1) is 7.11 Å². The molecule has 1 radical (unpaired) electrons. The van der Waals surface area contributed by atoms with Gasteiger partial charge in [-0.25, -0.2) is 0 Å². The zero-order chi connectivity index (χ0) is 13.2. The number of methoxy groups -OCH3 is 1. The molecule has 0 amide bonds. The summed E-state index contributed by atoms with van der Waals surface area (Å²) in [5.74, 6) is 0.735. The van der Waals surface area contributed by atoms with E-state index in [1.54, 1.807) is 25.3 Å². The van der Waals surface area contributed by atoms with E-state index < -0.39 is 0 Å². The molecule has 0 N–H and O–H groups in total. The molecule has 3 nitrogen and oxygen atoms in total. The molecule has 0 unspecified atom stereocenters. The first-order chi connectivity index (χ1) is 9.28. The Morgan fingerprint density at radius 1 is 1.16 bits per heavy atom. The third-order valence-electron chi connectivity index (χ3n) is 2.89. The smallest absolute Gasteiger partial charge is 0.228 e. The van der Waals surface area contributed by atoms with E-state index in [0.29, 0.717) is 16.9 Å². The summed E-state index contributed by atoms with van der Waals surface area (Å²) < 4.78 is 10.7. The van der Waals surface area contributed by atoms with Crippen LogP contribution in [0.25, 0.3) is 11.0 Å². The Labute approximate surface area is 110 Å². The third-order valence-corrected chi connectivity index (χ3v) is 2.89. The zero-order valence-corrected chi connectivity index (χ0v) is 10.3. The summed E-state index contributed by atoms with van der Waals surface area (Å²) >= 11 is 0. The normalized spacial score (nSPS) is 10.6. The Morgan fingerprint density at radius 3 is 2.68 bits per heavy atom. The minimum Gasteiger partial charge on any atom is -0.497 e. The van der Waals surface area contributed by atoms with Gasteiger partial charge in [-0.2, -0.15) is 0 Å². The first kappa shape index (κ1) is 11.5. The molecule has 3 aromatic rings. The molecule has 93 valence electrons. The summed E-state index contributed by atoms with van der Waals surface area (Å²) in [4.78, 5) is 12.2. The second-order valence-electron chi connectivity index (χ2n) is 4.11. The van der Waals surface area contributed by atoms with Crippen molar-refractivity contribution >= 4 is 16.8 Å². The maximum absolute atomic E-state index is 12.2. The minimum atomic E-state index is -0.171. The van der Waals surface area contributed by atoms with Crippen LogP contribution in [0.15, 0.2) is 52.9 Å². The van der Waals surface area contributed by atoms with Crippen molar-refractivity contribution in [2.75, 3.05) is 7.11 Å². The lowest BCUT2D eigenvalue weighted by atomic mass is 10.1. The van der Waals surface area contributed by atoms with E-state index in [0.717, 1.165) is 5.39 Å². The lowest BCUT2D eigenvalue weighted by Crippen LogP contribution is -1.98. The van der Waals surface area contributed by atoms with Crippen molar-refractivity contribution < 1.29 is 13.9 Å². The molecule has 1 aromatic heterocycles. The predicted molar refractivity (Wildman–Crippen MR) is 71.5 cm³/mol. The Kier molecular flexibility index (Phi) is 2.80. The van der Waals surface area contributed by atoms with Crippen LogP contribution in [0.5, 0.6) is 5.75 Å². The largest absolute Gasteiger partial charge is 0.497 e. The van der Waals surface area contributed by atoms with E-state index in [2.05, 4.69) is 6.07 Å². The van der Waals surface area contributed by atoms with Crippen molar-refractivity contribution in [2.24, 2.45) is 0 Å². The van der Waals surface area contributed by atoms with Gasteiger partial charge in [-0.15, -0.1) is 0 Å². The van der Waals surface area contributed by atoms with Crippen molar-refractivity contribution in [3.63, 3.8) is 0 Å². The standard InChI is InChI=1S/C16H11O3/c1-18-13-8-7-12-9-15(19-14(12)10-13)16(17)11-5-3-2-4-6-11/h2-8,10H,1H3. The van der Waals surface area contributed by atoms with Crippen LogP contribution in [0.4, 0.5) is 0 Å². The highest BCUT2D eigenvalue weighted by Crippen LogP contribution is 2.24. The van der Waals surface area contributed by atoms with Gasteiger partial charge in [-0.1, -0.05) is 30.3 Å². The number of carbonyl (C=O) groups is 1. The highest BCUT2D eigenvalue weighted by molar-refractivity contribution is 6.08. The van der Waals surface area contributed by atoms with Gasteiger partial charge in [0.2, 0.25) is 5.78 Å². The molecular formula is C16H11O3. The van der Waals surface area contributed by atoms with Crippen molar-refractivity contribution in [1.82, 2.24) is 0 Å². The minimum absolute atomic E-state index is 0.171. The SMILES string of the molecule is COc1ccc2[c]c(C(=O)c3ccccc3)oc2c1. The predicted octanol–water partition coefficient (Wildman–Crippen LogP) is 3.47. The molecule has 0 spiro atoms. The van der Waals surface area contributed by atoms with Gasteiger partial charge in [0.15, 0.2) is 5.76 Å². The van der Waals surface area contributed by atoms with Crippen LogP contribution in [0.3, 0.4) is 0 Å². The molecule has 3 heteroatoms. The van der Waals surface area contributed by atoms with Gasteiger partial charge in [-0.05, 0) is 12.1 Å². The summed E-state index contributed by atoms with van der Waals surface area (Å²) in [7, 11) is 1.59. The molecule has 0 aliphatic carbocycles. The Bertz CT molecular complexity index is 726. The van der Waals surface area contributed by atoms with Crippen LogP contribution in [0.2, 0.25) is 0 Å². The first-order valence-corrected chi connectivity index (χ1v) is 5.87. The summed E-state index contributed by atoms with van der Waals surface area (Å²) in [6.07, 6.45) is 0. The van der Waals surface area contributed by atoms with E-state index in [-0.39, 0.29) is 11.5 Å². The number of carbonyl (C=O) groups excluding carboxylic acids is 1. The van der Waals surface area contributed by atoms with Crippen LogP contribution >= 0.6 is 0 Å². The molecule has 0 atom stereocenters. The number of furan rings is 1. The third kappa shape index (κ3) is 2.10. The molecule has 1 heterocycles. The van der Waals surface area contributed by atoms with Gasteiger partial charge in [0.1, 0.15) is 11.3 Å². The van der Waals surface area contributed by atoms with Crippen LogP contribution in [-0.4, -0.2) is 12.9 Å². The number of hydrogen-bond acceptors (Lipinski definition) is 3. The van der Waals surface area contributed by atoms with Crippen LogP contribution in [0.1, 0.15) is 16.1 Å². The van der Waals surface area contributed by atoms with Crippen LogP contribution in [-0.2, 0) is 0 Å². The number of ketones is 1. The van der Waals surface area contributed by atoms with E-state index in [9.17, 15) is 4.79 Å². The van der Waals surface area contributed by atoms with Gasteiger partial charge >= 0.3 is 0 Å². The summed E-state index contributed by atoms with van der Waals surface area (Å²) in [6.45, 7) is 0. The zero-order valence-electron chi connectivity index (χ0n) is 10.3. The monoisotopic (exact) mass is 251 g/mol. The lowest BCUT2D eigenvalue weighted by Gasteiger charge is -1.97. The highest BCUT2D eigenvalue weighted by atomic mass is 16.5. The number of ether oxygens (including phenoxy) is 1. The van der Waals surface area contributed by atoms with E-state index in [1.807, 2.05) is 30.3 Å². The Balaban J connectivity index is 2.04. The van der Waals surface area contributed by atoms with Crippen LogP contribution < -0.4 is 4.74 Å². The van der Waals surface area contributed by atoms with Gasteiger partial charge in [0, 0.05) is 23.1 Å². The summed E-state index contributed by atoms with van der Waals surface area (Å²) in [5, 5.41) is 0.764. The quantitative estimate of drug-likeness (QED) is 0.669. The maximum Gasteiger partial charge on any atom is 0.228 e. The Hall–Kier alpha value is -2.55. The molecule has 0 aliphatic rings. The first-order valence-electron chi connectivity index (χ1n) is 5.87. The van der Waals surface area contributed by atoms with E-state index in [1.165, 1.54) is 0 Å². The van der Waals surface area contributed by atoms with Crippen molar-refractivity contribution in [1.29, 1.82) is 0 Å². The number of fused-ring (bicyclic) bond motifs is 1. The molecule has 0 fully saturated rings. The highest BCUT2D eigenvalue weighted by Gasteiger charge is 2.15. The summed E-state index contributed by atoms with van der Waals surface area (Å²) in [5.41, 5.74) is 1.18. The van der Waals surface area contributed by atoms with Crippen LogP contribution in [0, 0.1) is 6.07 Å². The average molecular weight is 251 g/mol. The fourth-order valence-corrected chi connectivity index (χ4v) is 1.90. The fraction of sp³-hybridized carbons (Fsp3) is 0.0625. The molecule has 0 saturated heterocycles.